The van der Waals surface area contributed by atoms with E-state index in [1.54, 1.807) is 0 Å². The Balaban J connectivity index is 2.07. The van der Waals surface area contributed by atoms with Crippen LogP contribution in [0.2, 0.25) is 0 Å². The Morgan fingerprint density at radius 2 is 2.00 bits per heavy atom. The lowest BCUT2D eigenvalue weighted by Crippen LogP contribution is -2.39. The number of benzene rings is 1. The third-order valence-electron chi connectivity index (χ3n) is 4.92. The van der Waals surface area contributed by atoms with Crippen molar-refractivity contribution >= 4 is 22.8 Å². The standard InChI is InChI=1S/C20H25N3O3/c1-13(2)9-10-22-12-15(18(24)20(25)26-4)19-21-16-7-5-6-8-17(16)23(19)11-14(22)3/h5-9,14-15H,10-12H2,1-4H3. The van der Waals surface area contributed by atoms with Crippen LogP contribution >= 0.6 is 0 Å². The van der Waals surface area contributed by atoms with E-state index < -0.39 is 17.7 Å². The smallest absolute Gasteiger partial charge is 0.375 e. The fourth-order valence-corrected chi connectivity index (χ4v) is 3.43. The quantitative estimate of drug-likeness (QED) is 0.479. The van der Waals surface area contributed by atoms with Gasteiger partial charge in [0.15, 0.2) is 0 Å². The van der Waals surface area contributed by atoms with Gasteiger partial charge in [0, 0.05) is 25.7 Å². The van der Waals surface area contributed by atoms with Crippen molar-refractivity contribution in [3.63, 3.8) is 0 Å². The van der Waals surface area contributed by atoms with Gasteiger partial charge in [-0.05, 0) is 32.9 Å². The Labute approximate surface area is 153 Å². The molecule has 0 N–H and O–H groups in total. The molecule has 0 spiro atoms. The molecule has 1 aliphatic heterocycles. The minimum absolute atomic E-state index is 0.206. The van der Waals surface area contributed by atoms with Crippen LogP contribution < -0.4 is 0 Å². The summed E-state index contributed by atoms with van der Waals surface area (Å²) in [4.78, 5) is 31.6. The number of aromatic nitrogens is 2. The Kier molecular flexibility index (Phi) is 5.23. The highest BCUT2D eigenvalue weighted by atomic mass is 16.5. The molecule has 6 heteroatoms. The van der Waals surface area contributed by atoms with Gasteiger partial charge in [-0.1, -0.05) is 23.8 Å². The normalized spacial score (nSPS) is 20.3. The van der Waals surface area contributed by atoms with Crippen LogP contribution in [0.4, 0.5) is 0 Å². The number of ether oxygens (including phenoxy) is 1. The highest BCUT2D eigenvalue weighted by Gasteiger charge is 2.37. The zero-order valence-electron chi connectivity index (χ0n) is 15.7. The molecule has 26 heavy (non-hydrogen) atoms. The third-order valence-corrected chi connectivity index (χ3v) is 4.92. The predicted molar refractivity (Wildman–Crippen MR) is 100.0 cm³/mol. The number of imidazole rings is 1. The summed E-state index contributed by atoms with van der Waals surface area (Å²) in [5.74, 6) is -1.34. The van der Waals surface area contributed by atoms with E-state index in [9.17, 15) is 9.59 Å². The zero-order valence-corrected chi connectivity index (χ0v) is 15.7. The summed E-state index contributed by atoms with van der Waals surface area (Å²) in [6.07, 6.45) is 2.14. The molecule has 0 bridgehead atoms. The number of hydrogen-bond acceptors (Lipinski definition) is 5. The van der Waals surface area contributed by atoms with Gasteiger partial charge < -0.3 is 9.30 Å². The average Bonchev–Trinajstić information content (AvgIpc) is 2.92. The van der Waals surface area contributed by atoms with Crippen LogP contribution in [0, 0.1) is 0 Å². The Morgan fingerprint density at radius 1 is 1.27 bits per heavy atom. The second-order valence-electron chi connectivity index (χ2n) is 7.06. The number of hydrogen-bond donors (Lipinski definition) is 0. The van der Waals surface area contributed by atoms with E-state index in [2.05, 4.69) is 41.3 Å². The molecular formula is C20H25N3O3. The number of Topliss-reactive ketones (excluding diaryl/α,β-unsaturated/α-hetero) is 1. The van der Waals surface area contributed by atoms with Gasteiger partial charge in [0.1, 0.15) is 11.7 Å². The molecule has 1 aromatic heterocycles. The van der Waals surface area contributed by atoms with Crippen LogP contribution in [0.15, 0.2) is 35.9 Å². The number of rotatable bonds is 4. The van der Waals surface area contributed by atoms with Gasteiger partial charge in [0.05, 0.1) is 18.1 Å². The lowest BCUT2D eigenvalue weighted by Gasteiger charge is -2.27. The molecule has 0 fully saturated rings. The number of carbonyl (C=O) groups is 2. The molecule has 2 atom stereocenters. The Hall–Kier alpha value is -2.47. The molecule has 2 unspecified atom stereocenters. The van der Waals surface area contributed by atoms with Crippen molar-refractivity contribution in [2.45, 2.75) is 39.3 Å². The number of carbonyl (C=O) groups excluding carboxylic acids is 2. The van der Waals surface area contributed by atoms with E-state index in [1.165, 1.54) is 12.7 Å². The summed E-state index contributed by atoms with van der Waals surface area (Å²) in [6, 6.07) is 8.03. The summed E-state index contributed by atoms with van der Waals surface area (Å²) < 4.78 is 6.78. The first-order valence-corrected chi connectivity index (χ1v) is 8.87. The number of ketones is 1. The second kappa shape index (κ2) is 7.41. The van der Waals surface area contributed by atoms with E-state index in [0.717, 1.165) is 24.1 Å². The summed E-state index contributed by atoms with van der Waals surface area (Å²) in [5.41, 5.74) is 3.05. The molecule has 0 aliphatic carbocycles. The van der Waals surface area contributed by atoms with E-state index in [4.69, 9.17) is 4.74 Å². The van der Waals surface area contributed by atoms with Crippen LogP contribution in [0.5, 0.6) is 0 Å². The molecule has 1 aromatic carbocycles. The molecule has 0 saturated heterocycles. The van der Waals surface area contributed by atoms with Crippen molar-refractivity contribution in [2.75, 3.05) is 20.2 Å². The van der Waals surface area contributed by atoms with Crippen LogP contribution in [-0.4, -0.2) is 52.4 Å². The number of allylic oxidation sites excluding steroid dienone is 1. The summed E-state index contributed by atoms with van der Waals surface area (Å²) in [7, 11) is 1.24. The summed E-state index contributed by atoms with van der Waals surface area (Å²) in [6.45, 7) is 8.15. The van der Waals surface area contributed by atoms with E-state index in [0.29, 0.717) is 12.4 Å². The van der Waals surface area contributed by atoms with Crippen molar-refractivity contribution in [3.8, 4) is 0 Å². The third kappa shape index (κ3) is 3.42. The summed E-state index contributed by atoms with van der Waals surface area (Å²) >= 11 is 0. The minimum atomic E-state index is -0.815. The van der Waals surface area contributed by atoms with Crippen molar-refractivity contribution in [1.29, 1.82) is 0 Å². The number of esters is 1. The topological polar surface area (TPSA) is 64.4 Å². The van der Waals surface area contributed by atoms with Crippen molar-refractivity contribution < 1.29 is 14.3 Å². The van der Waals surface area contributed by atoms with Crippen LogP contribution in [-0.2, 0) is 20.9 Å². The molecule has 0 saturated carbocycles. The first-order valence-electron chi connectivity index (χ1n) is 8.87. The van der Waals surface area contributed by atoms with Gasteiger partial charge in [0.25, 0.3) is 5.78 Å². The van der Waals surface area contributed by atoms with Gasteiger partial charge in [-0.25, -0.2) is 9.78 Å². The van der Waals surface area contributed by atoms with Crippen molar-refractivity contribution in [1.82, 2.24) is 14.5 Å². The van der Waals surface area contributed by atoms with Gasteiger partial charge in [-0.2, -0.15) is 0 Å². The Morgan fingerprint density at radius 3 is 2.69 bits per heavy atom. The average molecular weight is 355 g/mol. The van der Waals surface area contributed by atoms with Gasteiger partial charge >= 0.3 is 5.97 Å². The second-order valence-corrected chi connectivity index (χ2v) is 7.06. The Bertz CT molecular complexity index is 864. The molecule has 0 amide bonds. The molecule has 6 nitrogen and oxygen atoms in total. The van der Waals surface area contributed by atoms with E-state index in [-0.39, 0.29) is 6.04 Å². The largest absolute Gasteiger partial charge is 0.463 e. The predicted octanol–water partition coefficient (Wildman–Crippen LogP) is 2.53. The number of fused-ring (bicyclic) bond motifs is 3. The maximum atomic E-state index is 12.7. The summed E-state index contributed by atoms with van der Waals surface area (Å²) in [5, 5.41) is 0. The number of methoxy groups -OCH3 is 1. The molecule has 0 radical (unpaired) electrons. The maximum absolute atomic E-state index is 12.7. The van der Waals surface area contributed by atoms with E-state index >= 15 is 0 Å². The molecule has 1 aliphatic rings. The monoisotopic (exact) mass is 355 g/mol. The molecular weight excluding hydrogens is 330 g/mol. The van der Waals surface area contributed by atoms with Gasteiger partial charge in [-0.3, -0.25) is 9.69 Å². The van der Waals surface area contributed by atoms with Gasteiger partial charge in [0.2, 0.25) is 0 Å². The zero-order chi connectivity index (χ0) is 18.8. The first kappa shape index (κ1) is 18.3. The molecule has 2 heterocycles. The highest BCUT2D eigenvalue weighted by Crippen LogP contribution is 2.28. The van der Waals surface area contributed by atoms with Crippen LogP contribution in [0.25, 0.3) is 11.0 Å². The molecule has 3 rings (SSSR count). The highest BCUT2D eigenvalue weighted by molar-refractivity contribution is 6.35. The van der Waals surface area contributed by atoms with Crippen LogP contribution in [0.1, 0.15) is 32.5 Å². The minimum Gasteiger partial charge on any atom is -0.463 e. The SMILES string of the molecule is COC(=O)C(=O)C1CN(CC=C(C)C)C(C)Cn2c1nc1ccccc12. The van der Waals surface area contributed by atoms with Crippen molar-refractivity contribution in [2.24, 2.45) is 0 Å². The number of nitrogens with zero attached hydrogens (tertiary/aromatic N) is 3. The van der Waals surface area contributed by atoms with E-state index in [1.807, 2.05) is 24.3 Å². The van der Waals surface area contributed by atoms with Gasteiger partial charge in [-0.15, -0.1) is 0 Å². The van der Waals surface area contributed by atoms with Crippen LogP contribution in [0.3, 0.4) is 0 Å². The van der Waals surface area contributed by atoms with Crippen molar-refractivity contribution in [3.05, 3.63) is 41.7 Å². The first-order chi connectivity index (χ1) is 12.4. The lowest BCUT2D eigenvalue weighted by atomic mass is 10.0. The lowest BCUT2D eigenvalue weighted by molar-refractivity contribution is -0.152. The molecule has 2 aromatic rings. The fourth-order valence-electron chi connectivity index (χ4n) is 3.43. The fraction of sp³-hybridized carbons (Fsp3) is 0.450. The number of para-hydroxylation sites is 2. The molecule has 138 valence electrons. The maximum Gasteiger partial charge on any atom is 0.375 e.